The zero-order valence-corrected chi connectivity index (χ0v) is 12.3. The van der Waals surface area contributed by atoms with Crippen LogP contribution in [0.2, 0.25) is 0 Å². The summed E-state index contributed by atoms with van der Waals surface area (Å²) in [6.45, 7) is 6.66. The number of nitrogens with two attached hydrogens (primary N) is 1. The van der Waals surface area contributed by atoms with E-state index in [2.05, 4.69) is 41.1 Å². The van der Waals surface area contributed by atoms with Crippen molar-refractivity contribution in [2.24, 2.45) is 0 Å². The van der Waals surface area contributed by atoms with E-state index in [4.69, 9.17) is 10.5 Å². The molecule has 0 fully saturated rings. The number of rotatable bonds is 8. The molecule has 108 valence electrons. The second kappa shape index (κ2) is 7.91. The van der Waals surface area contributed by atoms with Gasteiger partial charge in [-0.2, -0.15) is 0 Å². The largest absolute Gasteiger partial charge is 0.384 e. The summed E-state index contributed by atoms with van der Waals surface area (Å²) < 4.78 is 5.01. The molecule has 1 rings (SSSR count). The summed E-state index contributed by atoms with van der Waals surface area (Å²) in [4.78, 5) is 10.7. The van der Waals surface area contributed by atoms with Crippen LogP contribution in [0.25, 0.3) is 0 Å². The number of nitrogens with one attached hydrogen (secondary N) is 1. The number of anilines is 2. The van der Waals surface area contributed by atoms with Crippen molar-refractivity contribution in [2.75, 3.05) is 38.3 Å². The molecule has 0 atom stereocenters. The molecular weight excluding hydrogens is 242 g/mol. The molecule has 0 aromatic carbocycles. The quantitative estimate of drug-likeness (QED) is 0.692. The first-order chi connectivity index (χ1) is 9.02. The van der Waals surface area contributed by atoms with Gasteiger partial charge in [0.05, 0.1) is 0 Å². The third-order valence-corrected chi connectivity index (χ3v) is 2.94. The van der Waals surface area contributed by atoms with E-state index in [1.807, 2.05) is 0 Å². The summed E-state index contributed by atoms with van der Waals surface area (Å²) in [6, 6.07) is 2.31. The molecule has 0 radical (unpaired) electrons. The minimum absolute atomic E-state index is 0.371. The first-order valence-corrected chi connectivity index (χ1v) is 6.59. The van der Waals surface area contributed by atoms with Crippen molar-refractivity contribution in [3.8, 4) is 0 Å². The fourth-order valence-electron chi connectivity index (χ4n) is 1.61. The molecule has 1 heterocycles. The van der Waals surface area contributed by atoms with Gasteiger partial charge >= 0.3 is 0 Å². The predicted molar refractivity (Wildman–Crippen MR) is 78.0 cm³/mol. The predicted octanol–water partition coefficient (Wildman–Crippen LogP) is 1.35. The number of aromatic nitrogens is 2. The standard InChI is InChI=1S/C13H25N5O/c1-10(2)18(3)7-5-6-15-12-8-11(14)16-13(17-12)9-19-4/h8,10H,5-7,9H2,1-4H3,(H3,14,15,16,17). The van der Waals surface area contributed by atoms with Crippen molar-refractivity contribution < 1.29 is 4.74 Å². The second-order valence-corrected chi connectivity index (χ2v) is 4.88. The van der Waals surface area contributed by atoms with Crippen molar-refractivity contribution in [2.45, 2.75) is 32.9 Å². The van der Waals surface area contributed by atoms with Gasteiger partial charge in [0.1, 0.15) is 18.2 Å². The second-order valence-electron chi connectivity index (χ2n) is 4.88. The normalized spacial score (nSPS) is 11.3. The van der Waals surface area contributed by atoms with Crippen molar-refractivity contribution >= 4 is 11.6 Å². The fraction of sp³-hybridized carbons (Fsp3) is 0.692. The number of nitrogens with zero attached hydrogens (tertiary/aromatic N) is 3. The van der Waals surface area contributed by atoms with Crippen LogP contribution < -0.4 is 11.1 Å². The van der Waals surface area contributed by atoms with Gasteiger partial charge in [-0.25, -0.2) is 9.97 Å². The fourth-order valence-corrected chi connectivity index (χ4v) is 1.61. The van der Waals surface area contributed by atoms with Crippen LogP contribution in [-0.2, 0) is 11.3 Å². The minimum atomic E-state index is 0.371. The SMILES string of the molecule is COCc1nc(N)cc(NCCCN(C)C(C)C)n1. The lowest BCUT2D eigenvalue weighted by atomic mass is 10.3. The van der Waals surface area contributed by atoms with Gasteiger partial charge in [0.15, 0.2) is 5.82 Å². The van der Waals surface area contributed by atoms with Gasteiger partial charge in [0, 0.05) is 25.8 Å². The molecule has 0 saturated carbocycles. The van der Waals surface area contributed by atoms with Crippen LogP contribution in [0.15, 0.2) is 6.07 Å². The lowest BCUT2D eigenvalue weighted by Gasteiger charge is -2.20. The lowest BCUT2D eigenvalue weighted by Crippen LogP contribution is -2.28. The van der Waals surface area contributed by atoms with E-state index in [0.717, 1.165) is 25.3 Å². The highest BCUT2D eigenvalue weighted by Gasteiger charge is 2.04. The molecule has 0 saturated heterocycles. The van der Waals surface area contributed by atoms with E-state index in [0.29, 0.717) is 24.3 Å². The molecule has 0 aliphatic rings. The summed E-state index contributed by atoms with van der Waals surface area (Å²) in [5.41, 5.74) is 5.73. The molecule has 0 unspecified atom stereocenters. The minimum Gasteiger partial charge on any atom is -0.384 e. The van der Waals surface area contributed by atoms with E-state index < -0.39 is 0 Å². The molecule has 19 heavy (non-hydrogen) atoms. The zero-order chi connectivity index (χ0) is 14.3. The molecule has 6 heteroatoms. The van der Waals surface area contributed by atoms with E-state index in [9.17, 15) is 0 Å². The maximum absolute atomic E-state index is 5.73. The van der Waals surface area contributed by atoms with Gasteiger partial charge in [-0.3, -0.25) is 0 Å². The smallest absolute Gasteiger partial charge is 0.158 e. The van der Waals surface area contributed by atoms with Gasteiger partial charge in [-0.1, -0.05) is 0 Å². The summed E-state index contributed by atoms with van der Waals surface area (Å²) in [7, 11) is 3.74. The molecule has 3 N–H and O–H groups in total. The van der Waals surface area contributed by atoms with Crippen molar-refractivity contribution in [3.05, 3.63) is 11.9 Å². The molecule has 0 amide bonds. The molecule has 1 aromatic rings. The summed E-state index contributed by atoms with van der Waals surface area (Å²) >= 11 is 0. The first kappa shape index (κ1) is 15.7. The highest BCUT2D eigenvalue weighted by Crippen LogP contribution is 2.09. The Morgan fingerprint density at radius 2 is 2.16 bits per heavy atom. The number of hydrogen-bond donors (Lipinski definition) is 2. The monoisotopic (exact) mass is 267 g/mol. The van der Waals surface area contributed by atoms with E-state index in [-0.39, 0.29) is 0 Å². The zero-order valence-electron chi connectivity index (χ0n) is 12.3. The molecular formula is C13H25N5O. The molecule has 0 spiro atoms. The maximum Gasteiger partial charge on any atom is 0.158 e. The number of hydrogen-bond acceptors (Lipinski definition) is 6. The highest BCUT2D eigenvalue weighted by molar-refractivity contribution is 5.44. The van der Waals surface area contributed by atoms with E-state index in [1.165, 1.54) is 0 Å². The Bertz CT molecular complexity index is 383. The molecule has 1 aromatic heterocycles. The van der Waals surface area contributed by atoms with Crippen LogP contribution in [0.5, 0.6) is 0 Å². The van der Waals surface area contributed by atoms with Gasteiger partial charge in [0.25, 0.3) is 0 Å². The van der Waals surface area contributed by atoms with Gasteiger partial charge in [-0.15, -0.1) is 0 Å². The van der Waals surface area contributed by atoms with Crippen LogP contribution in [0.3, 0.4) is 0 Å². The third-order valence-electron chi connectivity index (χ3n) is 2.94. The molecule has 6 nitrogen and oxygen atoms in total. The number of nitrogen functional groups attached to an aromatic ring is 1. The van der Waals surface area contributed by atoms with Crippen molar-refractivity contribution in [3.63, 3.8) is 0 Å². The Morgan fingerprint density at radius 1 is 1.42 bits per heavy atom. The Morgan fingerprint density at radius 3 is 2.79 bits per heavy atom. The Labute approximate surface area is 115 Å². The first-order valence-electron chi connectivity index (χ1n) is 6.59. The Kier molecular flexibility index (Phi) is 6.52. The van der Waals surface area contributed by atoms with Crippen molar-refractivity contribution in [1.82, 2.24) is 14.9 Å². The van der Waals surface area contributed by atoms with Gasteiger partial charge in [0.2, 0.25) is 0 Å². The van der Waals surface area contributed by atoms with Crippen LogP contribution in [-0.4, -0.2) is 48.2 Å². The third kappa shape index (κ3) is 5.85. The van der Waals surface area contributed by atoms with Gasteiger partial charge in [-0.05, 0) is 33.9 Å². The highest BCUT2D eigenvalue weighted by atomic mass is 16.5. The van der Waals surface area contributed by atoms with Crippen LogP contribution in [0.1, 0.15) is 26.1 Å². The number of ether oxygens (including phenoxy) is 1. The van der Waals surface area contributed by atoms with E-state index in [1.54, 1.807) is 13.2 Å². The van der Waals surface area contributed by atoms with Crippen LogP contribution in [0.4, 0.5) is 11.6 Å². The van der Waals surface area contributed by atoms with E-state index >= 15 is 0 Å². The topological polar surface area (TPSA) is 76.3 Å². The average Bonchev–Trinajstić information content (AvgIpc) is 2.34. The average molecular weight is 267 g/mol. The van der Waals surface area contributed by atoms with Gasteiger partial charge < -0.3 is 20.7 Å². The molecule has 0 aliphatic heterocycles. The Hall–Kier alpha value is -1.40. The lowest BCUT2D eigenvalue weighted by molar-refractivity contribution is 0.178. The van der Waals surface area contributed by atoms with Crippen LogP contribution >= 0.6 is 0 Å². The molecule has 0 bridgehead atoms. The summed E-state index contributed by atoms with van der Waals surface area (Å²) in [5, 5.41) is 3.27. The number of methoxy groups -OCH3 is 1. The van der Waals surface area contributed by atoms with Crippen molar-refractivity contribution in [1.29, 1.82) is 0 Å². The maximum atomic E-state index is 5.73. The summed E-state index contributed by atoms with van der Waals surface area (Å²) in [5.74, 6) is 1.82. The Balaban J connectivity index is 2.40. The van der Waals surface area contributed by atoms with Crippen LogP contribution in [0, 0.1) is 0 Å². The molecule has 0 aliphatic carbocycles. The summed E-state index contributed by atoms with van der Waals surface area (Å²) in [6.07, 6.45) is 1.05.